The van der Waals surface area contributed by atoms with Crippen molar-refractivity contribution >= 4 is 5.97 Å². The molecule has 0 spiro atoms. The first-order valence-electron chi connectivity index (χ1n) is 3.23. The second kappa shape index (κ2) is 4.29. The van der Waals surface area contributed by atoms with Gasteiger partial charge in [0.15, 0.2) is 5.82 Å². The number of nitrogens with zero attached hydrogens (tertiary/aromatic N) is 3. The predicted octanol–water partition coefficient (Wildman–Crippen LogP) is -3.77. The molecule has 0 aromatic carbocycles. The molecule has 1 heterocycles. The summed E-state index contributed by atoms with van der Waals surface area (Å²) in [4.78, 5) is 13.9. The summed E-state index contributed by atoms with van der Waals surface area (Å²) < 4.78 is 1.30. The maximum absolute atomic E-state index is 10.4. The molecule has 0 aliphatic rings. The van der Waals surface area contributed by atoms with Crippen LogP contribution >= 0.6 is 0 Å². The van der Waals surface area contributed by atoms with E-state index in [1.165, 1.54) is 11.0 Å². The third kappa shape index (κ3) is 2.09. The quantitative estimate of drug-likeness (QED) is 0.417. The average molecular weight is 161 g/mol. The zero-order valence-corrected chi connectivity index (χ0v) is 7.31. The molecule has 0 saturated carbocycles. The van der Waals surface area contributed by atoms with Crippen LogP contribution in [-0.4, -0.2) is 20.7 Å². The molecule has 0 aliphatic heterocycles. The van der Waals surface area contributed by atoms with Crippen molar-refractivity contribution in [3.05, 3.63) is 12.2 Å². The van der Waals surface area contributed by atoms with Gasteiger partial charge in [-0.1, -0.05) is 0 Å². The van der Waals surface area contributed by atoms with Crippen LogP contribution in [-0.2, 0) is 0 Å². The summed E-state index contributed by atoms with van der Waals surface area (Å²) in [6.07, 6.45) is 1.20. The van der Waals surface area contributed by atoms with Crippen molar-refractivity contribution in [3.63, 3.8) is 0 Å². The number of aromatic carboxylic acids is 1. The number of carbonyl (C=O) groups excluding carboxylic acids is 1. The van der Waals surface area contributed by atoms with Crippen molar-refractivity contribution in [2.45, 2.75) is 19.9 Å². The molecule has 6 heteroatoms. The maximum Gasteiger partial charge on any atom is 1.00 e. The molecular formula is C6H8LiN3O2. The first kappa shape index (κ1) is 11.2. The van der Waals surface area contributed by atoms with E-state index in [1.807, 2.05) is 13.8 Å². The van der Waals surface area contributed by atoms with E-state index in [0.29, 0.717) is 0 Å². The minimum atomic E-state index is -1.30. The van der Waals surface area contributed by atoms with Crippen LogP contribution in [0.15, 0.2) is 6.33 Å². The van der Waals surface area contributed by atoms with Gasteiger partial charge in [-0.2, -0.15) is 5.10 Å². The van der Waals surface area contributed by atoms with E-state index in [2.05, 4.69) is 10.1 Å². The molecule has 0 radical (unpaired) electrons. The topological polar surface area (TPSA) is 70.8 Å². The largest absolute Gasteiger partial charge is 1.00 e. The smallest absolute Gasteiger partial charge is 0.542 e. The second-order valence-electron chi connectivity index (χ2n) is 2.41. The van der Waals surface area contributed by atoms with E-state index >= 15 is 0 Å². The molecule has 0 atom stereocenters. The van der Waals surface area contributed by atoms with Gasteiger partial charge in [0.25, 0.3) is 0 Å². The van der Waals surface area contributed by atoms with Gasteiger partial charge in [-0.05, 0) is 13.8 Å². The molecule has 0 saturated heterocycles. The van der Waals surface area contributed by atoms with Crippen molar-refractivity contribution < 1.29 is 28.8 Å². The molecule has 60 valence electrons. The summed E-state index contributed by atoms with van der Waals surface area (Å²) >= 11 is 0. The van der Waals surface area contributed by atoms with Gasteiger partial charge >= 0.3 is 18.9 Å². The first-order chi connectivity index (χ1) is 5.13. The minimum Gasteiger partial charge on any atom is -0.542 e. The number of carbonyl (C=O) groups is 1. The van der Waals surface area contributed by atoms with Crippen LogP contribution in [0.1, 0.15) is 30.5 Å². The fourth-order valence-corrected chi connectivity index (χ4v) is 0.774. The molecule has 1 aromatic rings. The van der Waals surface area contributed by atoms with Crippen LogP contribution in [0.25, 0.3) is 0 Å². The number of rotatable bonds is 2. The van der Waals surface area contributed by atoms with Crippen LogP contribution in [0.4, 0.5) is 0 Å². The number of carboxylic acid groups (broad SMARTS) is 1. The molecule has 1 aromatic heterocycles. The number of carboxylic acids is 1. The number of aromatic nitrogens is 3. The number of hydrogen-bond acceptors (Lipinski definition) is 4. The molecule has 0 aliphatic carbocycles. The van der Waals surface area contributed by atoms with Gasteiger partial charge in [0.2, 0.25) is 0 Å². The van der Waals surface area contributed by atoms with Crippen molar-refractivity contribution in [2.75, 3.05) is 0 Å². The van der Waals surface area contributed by atoms with Crippen molar-refractivity contribution in [2.24, 2.45) is 0 Å². The maximum atomic E-state index is 10.4. The van der Waals surface area contributed by atoms with E-state index in [1.54, 1.807) is 0 Å². The molecule has 0 bridgehead atoms. The third-order valence-electron chi connectivity index (χ3n) is 1.24. The van der Waals surface area contributed by atoms with Crippen LogP contribution in [0, 0.1) is 0 Å². The van der Waals surface area contributed by atoms with Crippen molar-refractivity contribution in [1.82, 2.24) is 14.8 Å². The van der Waals surface area contributed by atoms with Gasteiger partial charge in [0, 0.05) is 6.04 Å². The Balaban J connectivity index is 0.00000121. The Hall–Kier alpha value is -0.793. The fraction of sp³-hybridized carbons (Fsp3) is 0.500. The molecule has 1 rings (SSSR count). The molecule has 0 fully saturated rings. The summed E-state index contributed by atoms with van der Waals surface area (Å²) in [5.41, 5.74) is 0. The molecule has 0 amide bonds. The van der Waals surface area contributed by atoms with Crippen LogP contribution < -0.4 is 24.0 Å². The summed E-state index contributed by atoms with van der Waals surface area (Å²) in [6.45, 7) is 3.64. The van der Waals surface area contributed by atoms with Gasteiger partial charge < -0.3 is 9.90 Å². The standard InChI is InChI=1S/C6H9N3O2.Li/c1-4(2)9-5(6(10)11)7-3-8-9;/h3-4H,1-2H3,(H,10,11);/q;+1/p-1. The Labute approximate surface area is 82.0 Å². The van der Waals surface area contributed by atoms with Crippen molar-refractivity contribution in [3.8, 4) is 0 Å². The van der Waals surface area contributed by atoms with Gasteiger partial charge in [-0.15, -0.1) is 0 Å². The monoisotopic (exact) mass is 161 g/mol. The zero-order chi connectivity index (χ0) is 8.43. The van der Waals surface area contributed by atoms with Gasteiger partial charge in [0.1, 0.15) is 12.3 Å². The second-order valence-corrected chi connectivity index (χ2v) is 2.41. The summed E-state index contributed by atoms with van der Waals surface area (Å²) in [6, 6.07) is -0.00889. The normalized spacial score (nSPS) is 9.58. The van der Waals surface area contributed by atoms with Gasteiger partial charge in [0.05, 0.1) is 0 Å². The summed E-state index contributed by atoms with van der Waals surface area (Å²) in [7, 11) is 0. The summed E-state index contributed by atoms with van der Waals surface area (Å²) in [5, 5.41) is 14.1. The Morgan fingerprint density at radius 3 is 2.58 bits per heavy atom. The molecule has 0 unspecified atom stereocenters. The van der Waals surface area contributed by atoms with Gasteiger partial charge in [-0.25, -0.2) is 9.67 Å². The third-order valence-corrected chi connectivity index (χ3v) is 1.24. The molecule has 5 nitrogen and oxygen atoms in total. The molecule has 0 N–H and O–H groups in total. The van der Waals surface area contributed by atoms with E-state index < -0.39 is 5.97 Å². The fourth-order valence-electron chi connectivity index (χ4n) is 0.774. The van der Waals surface area contributed by atoms with Crippen LogP contribution in [0.5, 0.6) is 0 Å². The van der Waals surface area contributed by atoms with E-state index in [-0.39, 0.29) is 30.7 Å². The van der Waals surface area contributed by atoms with E-state index in [0.717, 1.165) is 0 Å². The Bertz CT molecular complexity index is 272. The first-order valence-corrected chi connectivity index (χ1v) is 3.23. The Morgan fingerprint density at radius 1 is 1.67 bits per heavy atom. The summed E-state index contributed by atoms with van der Waals surface area (Å²) in [5.74, 6) is -1.42. The Kier molecular flexibility index (Phi) is 4.00. The Morgan fingerprint density at radius 2 is 2.25 bits per heavy atom. The zero-order valence-electron chi connectivity index (χ0n) is 7.31. The average Bonchev–Trinajstić information content (AvgIpc) is 2.32. The van der Waals surface area contributed by atoms with E-state index in [4.69, 9.17) is 0 Å². The SMILES string of the molecule is CC(C)n1ncnc1C(=O)[O-].[Li+]. The van der Waals surface area contributed by atoms with Crippen LogP contribution in [0.3, 0.4) is 0 Å². The predicted molar refractivity (Wildman–Crippen MR) is 34.7 cm³/mol. The molecular weight excluding hydrogens is 153 g/mol. The minimum absolute atomic E-state index is 0. The molecule has 12 heavy (non-hydrogen) atoms. The van der Waals surface area contributed by atoms with Crippen molar-refractivity contribution in [1.29, 1.82) is 0 Å². The van der Waals surface area contributed by atoms with E-state index in [9.17, 15) is 9.90 Å². The van der Waals surface area contributed by atoms with Gasteiger partial charge in [-0.3, -0.25) is 0 Å². The number of hydrogen-bond donors (Lipinski definition) is 0. The van der Waals surface area contributed by atoms with Crippen LogP contribution in [0.2, 0.25) is 0 Å².